The Morgan fingerprint density at radius 2 is 1.39 bits per heavy atom. The quantitative estimate of drug-likeness (QED) is 0.565. The fourth-order valence-corrected chi connectivity index (χ4v) is 2.42. The minimum atomic E-state index is 0.0406. The van der Waals surface area contributed by atoms with Crippen LogP contribution in [0, 0.1) is 0 Å². The Morgan fingerprint density at radius 3 is 1.91 bits per heavy atom. The molecule has 2 nitrogen and oxygen atoms in total. The minimum Gasteiger partial charge on any atom is -0.371 e. The third kappa shape index (κ3) is 6.39. The average molecular weight is 310 g/mol. The van der Waals surface area contributed by atoms with Crippen molar-refractivity contribution >= 4 is 0 Å². The van der Waals surface area contributed by atoms with Crippen molar-refractivity contribution in [3.63, 3.8) is 0 Å². The molecule has 0 aliphatic carbocycles. The molecule has 0 N–H and O–H groups in total. The van der Waals surface area contributed by atoms with Crippen LogP contribution in [0.1, 0.15) is 30.9 Å². The smallest absolute Gasteiger partial charge is 0.0841 e. The van der Waals surface area contributed by atoms with Crippen LogP contribution < -0.4 is 0 Å². The lowest BCUT2D eigenvalue weighted by Crippen LogP contribution is -2.29. The molecule has 0 bridgehead atoms. The molecule has 2 aromatic carbocycles. The van der Waals surface area contributed by atoms with Crippen LogP contribution in [0.25, 0.3) is 0 Å². The van der Waals surface area contributed by atoms with Gasteiger partial charge < -0.3 is 9.47 Å². The van der Waals surface area contributed by atoms with Gasteiger partial charge in [-0.05, 0) is 30.9 Å². The van der Waals surface area contributed by atoms with Crippen molar-refractivity contribution in [3.05, 3.63) is 84.4 Å². The zero-order valence-electron chi connectivity index (χ0n) is 13.9. The number of benzene rings is 2. The van der Waals surface area contributed by atoms with Crippen LogP contribution in [0.3, 0.4) is 0 Å². The third-order valence-electron chi connectivity index (χ3n) is 3.84. The number of allylic oxidation sites excluding steroid dienone is 1. The maximum atomic E-state index is 6.11. The van der Waals surface area contributed by atoms with Crippen LogP contribution in [0.2, 0.25) is 0 Å². The zero-order valence-corrected chi connectivity index (χ0v) is 13.9. The van der Waals surface area contributed by atoms with Crippen molar-refractivity contribution in [1.29, 1.82) is 0 Å². The molecule has 0 saturated carbocycles. The average Bonchev–Trinajstić information content (AvgIpc) is 2.61. The van der Waals surface area contributed by atoms with E-state index in [-0.39, 0.29) is 12.2 Å². The molecule has 0 spiro atoms. The highest BCUT2D eigenvalue weighted by Crippen LogP contribution is 2.15. The normalized spacial score (nSPS) is 13.4. The van der Waals surface area contributed by atoms with Gasteiger partial charge in [-0.2, -0.15) is 0 Å². The van der Waals surface area contributed by atoms with E-state index in [2.05, 4.69) is 37.8 Å². The van der Waals surface area contributed by atoms with Crippen molar-refractivity contribution in [2.45, 2.75) is 45.2 Å². The molecular formula is C21H26O2. The molecule has 2 atom stereocenters. The Hall–Kier alpha value is -1.90. The predicted molar refractivity (Wildman–Crippen MR) is 95.1 cm³/mol. The molecular weight excluding hydrogens is 284 g/mol. The summed E-state index contributed by atoms with van der Waals surface area (Å²) in [7, 11) is 0. The second kappa shape index (κ2) is 9.98. The van der Waals surface area contributed by atoms with Gasteiger partial charge >= 0.3 is 0 Å². The fraction of sp³-hybridized carbons (Fsp3) is 0.333. The molecule has 23 heavy (non-hydrogen) atoms. The van der Waals surface area contributed by atoms with E-state index in [0.29, 0.717) is 13.2 Å². The maximum absolute atomic E-state index is 6.11. The molecule has 0 saturated heterocycles. The molecule has 122 valence electrons. The lowest BCUT2D eigenvalue weighted by Gasteiger charge is -2.24. The Morgan fingerprint density at radius 1 is 0.870 bits per heavy atom. The van der Waals surface area contributed by atoms with E-state index in [9.17, 15) is 0 Å². The predicted octanol–water partition coefficient (Wildman–Crippen LogP) is 5.14. The topological polar surface area (TPSA) is 18.5 Å². The Balaban J connectivity index is 1.86. The summed E-state index contributed by atoms with van der Waals surface area (Å²) in [6.45, 7) is 7.12. The van der Waals surface area contributed by atoms with Crippen LogP contribution in [0.15, 0.2) is 73.3 Å². The van der Waals surface area contributed by atoms with Crippen LogP contribution in [-0.4, -0.2) is 12.2 Å². The van der Waals surface area contributed by atoms with Crippen molar-refractivity contribution in [3.8, 4) is 0 Å². The van der Waals surface area contributed by atoms with E-state index in [1.165, 1.54) is 11.1 Å². The number of hydrogen-bond donors (Lipinski definition) is 0. The second-order valence-electron chi connectivity index (χ2n) is 5.70. The summed E-state index contributed by atoms with van der Waals surface area (Å²) >= 11 is 0. The molecule has 0 aromatic heterocycles. The number of ether oxygens (including phenoxy) is 2. The molecule has 2 heteroatoms. The zero-order chi connectivity index (χ0) is 16.3. The van der Waals surface area contributed by atoms with Gasteiger partial charge in [-0.15, -0.1) is 6.58 Å². The van der Waals surface area contributed by atoms with Gasteiger partial charge in [0.05, 0.1) is 25.4 Å². The van der Waals surface area contributed by atoms with Gasteiger partial charge in [0, 0.05) is 0 Å². The summed E-state index contributed by atoms with van der Waals surface area (Å²) in [5, 5.41) is 0. The van der Waals surface area contributed by atoms with E-state index < -0.39 is 0 Å². The minimum absolute atomic E-state index is 0.0406. The van der Waals surface area contributed by atoms with E-state index in [1.807, 2.05) is 42.5 Å². The Kier molecular flexibility index (Phi) is 7.58. The lowest BCUT2D eigenvalue weighted by atomic mass is 10.1. The SMILES string of the molecule is C=CCCC(OCc1ccccc1)C(C)OCc1ccccc1. The van der Waals surface area contributed by atoms with Crippen molar-refractivity contribution in [2.75, 3.05) is 0 Å². The summed E-state index contributed by atoms with van der Waals surface area (Å²) in [6.07, 6.45) is 3.89. The van der Waals surface area contributed by atoms with E-state index >= 15 is 0 Å². The van der Waals surface area contributed by atoms with Crippen molar-refractivity contribution < 1.29 is 9.47 Å². The summed E-state index contributed by atoms with van der Waals surface area (Å²) in [5.74, 6) is 0. The first kappa shape index (κ1) is 17.5. The summed E-state index contributed by atoms with van der Waals surface area (Å²) in [6, 6.07) is 20.5. The molecule has 0 radical (unpaired) electrons. The van der Waals surface area contributed by atoms with Gasteiger partial charge in [-0.1, -0.05) is 66.7 Å². The summed E-state index contributed by atoms with van der Waals surface area (Å²) < 4.78 is 12.1. The summed E-state index contributed by atoms with van der Waals surface area (Å²) in [5.41, 5.74) is 2.37. The van der Waals surface area contributed by atoms with Gasteiger partial charge in [-0.3, -0.25) is 0 Å². The largest absolute Gasteiger partial charge is 0.371 e. The molecule has 0 aliphatic rings. The maximum Gasteiger partial charge on any atom is 0.0841 e. The molecule has 2 rings (SSSR count). The molecule has 2 unspecified atom stereocenters. The van der Waals surface area contributed by atoms with Gasteiger partial charge in [0.2, 0.25) is 0 Å². The highest BCUT2D eigenvalue weighted by Gasteiger charge is 2.18. The van der Waals surface area contributed by atoms with Gasteiger partial charge in [0.15, 0.2) is 0 Å². The monoisotopic (exact) mass is 310 g/mol. The molecule has 2 aromatic rings. The van der Waals surface area contributed by atoms with Crippen LogP contribution in [0.5, 0.6) is 0 Å². The Labute approximate surface area is 139 Å². The summed E-state index contributed by atoms with van der Waals surface area (Å²) in [4.78, 5) is 0. The highest BCUT2D eigenvalue weighted by molar-refractivity contribution is 5.14. The third-order valence-corrected chi connectivity index (χ3v) is 3.84. The Bertz CT molecular complexity index is 551. The van der Waals surface area contributed by atoms with Crippen LogP contribution in [0.4, 0.5) is 0 Å². The second-order valence-corrected chi connectivity index (χ2v) is 5.70. The molecule has 0 heterocycles. The van der Waals surface area contributed by atoms with Crippen molar-refractivity contribution in [1.82, 2.24) is 0 Å². The van der Waals surface area contributed by atoms with Gasteiger partial charge in [0.1, 0.15) is 0 Å². The highest BCUT2D eigenvalue weighted by atomic mass is 16.5. The first-order valence-corrected chi connectivity index (χ1v) is 8.21. The van der Waals surface area contributed by atoms with Crippen LogP contribution in [-0.2, 0) is 22.7 Å². The molecule has 0 aliphatic heterocycles. The molecule has 0 fully saturated rings. The first-order chi connectivity index (χ1) is 11.3. The first-order valence-electron chi connectivity index (χ1n) is 8.21. The van der Waals surface area contributed by atoms with Gasteiger partial charge in [-0.25, -0.2) is 0 Å². The standard InChI is InChI=1S/C21H26O2/c1-3-4-15-21(23-17-20-13-9-6-10-14-20)18(2)22-16-19-11-7-5-8-12-19/h3,5-14,18,21H,1,4,15-17H2,2H3. The van der Waals surface area contributed by atoms with Crippen molar-refractivity contribution in [2.24, 2.45) is 0 Å². The number of hydrogen-bond acceptors (Lipinski definition) is 2. The van der Waals surface area contributed by atoms with Gasteiger partial charge in [0.25, 0.3) is 0 Å². The van der Waals surface area contributed by atoms with E-state index in [4.69, 9.17) is 9.47 Å². The van der Waals surface area contributed by atoms with E-state index in [0.717, 1.165) is 12.8 Å². The lowest BCUT2D eigenvalue weighted by molar-refractivity contribution is -0.0799. The van der Waals surface area contributed by atoms with Crippen LogP contribution >= 0.6 is 0 Å². The van der Waals surface area contributed by atoms with E-state index in [1.54, 1.807) is 0 Å². The fourth-order valence-electron chi connectivity index (χ4n) is 2.42. The number of rotatable bonds is 10. The molecule has 0 amide bonds.